The van der Waals surface area contributed by atoms with Crippen molar-refractivity contribution < 1.29 is 13.9 Å². The number of carbonyl (C=O) groups excluding carboxylic acids is 1. The third kappa shape index (κ3) is 2.41. The molecule has 1 aromatic rings. The van der Waals surface area contributed by atoms with Crippen molar-refractivity contribution >= 4 is 17.7 Å². The molecule has 2 rings (SSSR count). The summed E-state index contributed by atoms with van der Waals surface area (Å²) >= 11 is 1.60. The van der Waals surface area contributed by atoms with Gasteiger partial charge in [0.2, 0.25) is 5.91 Å². The van der Waals surface area contributed by atoms with E-state index in [1.165, 1.54) is 0 Å². The van der Waals surface area contributed by atoms with Crippen molar-refractivity contribution in [3.63, 3.8) is 0 Å². The maximum atomic E-state index is 11.7. The predicted molar refractivity (Wildman–Crippen MR) is 62.1 cm³/mol. The lowest BCUT2D eigenvalue weighted by molar-refractivity contribution is -0.129. The van der Waals surface area contributed by atoms with Crippen LogP contribution in [0.25, 0.3) is 0 Å². The first-order chi connectivity index (χ1) is 7.83. The Kier molecular flexibility index (Phi) is 3.90. The smallest absolute Gasteiger partial charge is 0.234 e. The van der Waals surface area contributed by atoms with Crippen molar-refractivity contribution in [1.82, 2.24) is 4.90 Å². The molecule has 0 N–H and O–H groups in total. The Balaban J connectivity index is 1.99. The molecule has 1 saturated heterocycles. The van der Waals surface area contributed by atoms with Crippen LogP contribution in [0.15, 0.2) is 22.8 Å². The number of furan rings is 1. The first kappa shape index (κ1) is 11.5. The van der Waals surface area contributed by atoms with E-state index < -0.39 is 0 Å². The Hall–Kier alpha value is -0.940. The van der Waals surface area contributed by atoms with E-state index in [2.05, 4.69) is 0 Å². The van der Waals surface area contributed by atoms with Gasteiger partial charge < -0.3 is 14.1 Å². The van der Waals surface area contributed by atoms with Gasteiger partial charge in [0, 0.05) is 13.2 Å². The van der Waals surface area contributed by atoms with Crippen molar-refractivity contribution in [3.8, 4) is 0 Å². The maximum Gasteiger partial charge on any atom is 0.234 e. The zero-order valence-electron chi connectivity index (χ0n) is 9.22. The molecule has 5 heteroatoms. The van der Waals surface area contributed by atoms with Gasteiger partial charge in [-0.3, -0.25) is 4.79 Å². The minimum absolute atomic E-state index is 0.0166. The molecule has 4 nitrogen and oxygen atoms in total. The molecule has 1 fully saturated rings. The number of carbonyl (C=O) groups is 1. The first-order valence-corrected chi connectivity index (χ1v) is 6.40. The zero-order valence-corrected chi connectivity index (χ0v) is 10.0. The number of amides is 1. The van der Waals surface area contributed by atoms with Gasteiger partial charge in [-0.25, -0.2) is 0 Å². The fourth-order valence-corrected chi connectivity index (χ4v) is 2.84. The van der Waals surface area contributed by atoms with Gasteiger partial charge in [0.1, 0.15) is 11.1 Å². The SMILES string of the molecule is CCOCCN1C(=O)CSC1c1ccco1. The standard InChI is InChI=1S/C11H15NO3S/c1-2-14-7-5-12-10(13)8-16-11(12)9-4-3-6-15-9/h3-4,6,11H,2,5,7-8H2,1H3. The first-order valence-electron chi connectivity index (χ1n) is 5.35. The molecule has 2 heterocycles. The van der Waals surface area contributed by atoms with E-state index in [0.29, 0.717) is 25.5 Å². The second-order valence-corrected chi connectivity index (χ2v) is 4.53. The summed E-state index contributed by atoms with van der Waals surface area (Å²) in [6.07, 6.45) is 1.64. The Bertz CT molecular complexity index is 339. The van der Waals surface area contributed by atoms with Gasteiger partial charge in [-0.2, -0.15) is 0 Å². The zero-order chi connectivity index (χ0) is 11.4. The lowest BCUT2D eigenvalue weighted by Gasteiger charge is -2.21. The average molecular weight is 241 g/mol. The number of hydrogen-bond donors (Lipinski definition) is 0. The van der Waals surface area contributed by atoms with Crippen molar-refractivity contribution in [2.75, 3.05) is 25.5 Å². The second-order valence-electron chi connectivity index (χ2n) is 3.46. The Morgan fingerprint density at radius 3 is 3.25 bits per heavy atom. The fourth-order valence-electron chi connectivity index (χ4n) is 1.67. The van der Waals surface area contributed by atoms with Crippen molar-refractivity contribution in [2.24, 2.45) is 0 Å². The Morgan fingerprint density at radius 1 is 1.69 bits per heavy atom. The van der Waals surface area contributed by atoms with Gasteiger partial charge in [-0.05, 0) is 19.1 Å². The maximum absolute atomic E-state index is 11.7. The van der Waals surface area contributed by atoms with Gasteiger partial charge in [-0.1, -0.05) is 0 Å². The van der Waals surface area contributed by atoms with Crippen molar-refractivity contribution in [2.45, 2.75) is 12.3 Å². The third-order valence-electron chi connectivity index (χ3n) is 2.44. The summed E-state index contributed by atoms with van der Waals surface area (Å²) < 4.78 is 10.6. The largest absolute Gasteiger partial charge is 0.466 e. The minimum Gasteiger partial charge on any atom is -0.466 e. The highest BCUT2D eigenvalue weighted by Gasteiger charge is 2.34. The van der Waals surface area contributed by atoms with Crippen molar-refractivity contribution in [3.05, 3.63) is 24.2 Å². The van der Waals surface area contributed by atoms with E-state index in [-0.39, 0.29) is 11.3 Å². The minimum atomic E-state index is 0.0166. The molecule has 88 valence electrons. The predicted octanol–water partition coefficient (Wildman–Crippen LogP) is 1.89. The van der Waals surface area contributed by atoms with Gasteiger partial charge >= 0.3 is 0 Å². The molecular formula is C11H15NO3S. The van der Waals surface area contributed by atoms with E-state index in [1.54, 1.807) is 18.0 Å². The van der Waals surface area contributed by atoms with Crippen LogP contribution in [0.2, 0.25) is 0 Å². The van der Waals surface area contributed by atoms with E-state index in [4.69, 9.17) is 9.15 Å². The number of ether oxygens (including phenoxy) is 1. The van der Waals surface area contributed by atoms with Crippen LogP contribution < -0.4 is 0 Å². The summed E-state index contributed by atoms with van der Waals surface area (Å²) in [5, 5.41) is 0.0166. The number of hydrogen-bond acceptors (Lipinski definition) is 4. The highest BCUT2D eigenvalue weighted by atomic mass is 32.2. The van der Waals surface area contributed by atoms with Crippen LogP contribution in [-0.2, 0) is 9.53 Å². The van der Waals surface area contributed by atoms with Gasteiger partial charge in [0.05, 0.1) is 18.6 Å². The quantitative estimate of drug-likeness (QED) is 0.738. The van der Waals surface area contributed by atoms with E-state index >= 15 is 0 Å². The summed E-state index contributed by atoms with van der Waals surface area (Å²) in [5.74, 6) is 1.52. The molecule has 0 aliphatic carbocycles. The van der Waals surface area contributed by atoms with Crippen LogP contribution in [0.1, 0.15) is 18.1 Å². The molecular weight excluding hydrogens is 226 g/mol. The molecule has 1 aliphatic rings. The van der Waals surface area contributed by atoms with Crippen LogP contribution in [0.3, 0.4) is 0 Å². The molecule has 16 heavy (non-hydrogen) atoms. The number of rotatable bonds is 5. The van der Waals surface area contributed by atoms with Crippen LogP contribution in [0, 0.1) is 0 Å². The van der Waals surface area contributed by atoms with E-state index in [9.17, 15) is 4.79 Å². The Morgan fingerprint density at radius 2 is 2.56 bits per heavy atom. The molecule has 1 unspecified atom stereocenters. The topological polar surface area (TPSA) is 42.7 Å². The average Bonchev–Trinajstić information content (AvgIpc) is 2.89. The lowest BCUT2D eigenvalue weighted by Crippen LogP contribution is -2.31. The van der Waals surface area contributed by atoms with Crippen LogP contribution in [-0.4, -0.2) is 36.3 Å². The molecule has 0 aromatic carbocycles. The van der Waals surface area contributed by atoms with Crippen LogP contribution in [0.5, 0.6) is 0 Å². The summed E-state index contributed by atoms with van der Waals surface area (Å²) in [6.45, 7) is 3.84. The van der Waals surface area contributed by atoms with Gasteiger partial charge in [0.25, 0.3) is 0 Å². The highest BCUT2D eigenvalue weighted by molar-refractivity contribution is 8.00. The monoisotopic (exact) mass is 241 g/mol. The molecule has 0 bridgehead atoms. The van der Waals surface area contributed by atoms with Crippen LogP contribution >= 0.6 is 11.8 Å². The molecule has 1 amide bonds. The summed E-state index contributed by atoms with van der Waals surface area (Å²) in [4.78, 5) is 13.5. The molecule has 0 spiro atoms. The van der Waals surface area contributed by atoms with E-state index in [1.807, 2.05) is 24.0 Å². The highest BCUT2D eigenvalue weighted by Crippen LogP contribution is 2.38. The fraction of sp³-hybridized carbons (Fsp3) is 0.545. The van der Waals surface area contributed by atoms with Crippen molar-refractivity contribution in [1.29, 1.82) is 0 Å². The molecule has 0 radical (unpaired) electrons. The number of nitrogens with zero attached hydrogens (tertiary/aromatic N) is 1. The molecule has 1 aliphatic heterocycles. The summed E-state index contributed by atoms with van der Waals surface area (Å²) in [7, 11) is 0. The van der Waals surface area contributed by atoms with E-state index in [0.717, 1.165) is 5.76 Å². The van der Waals surface area contributed by atoms with Crippen LogP contribution in [0.4, 0.5) is 0 Å². The summed E-state index contributed by atoms with van der Waals surface area (Å²) in [6, 6.07) is 3.75. The Labute approximate surface area is 98.9 Å². The second kappa shape index (κ2) is 5.41. The van der Waals surface area contributed by atoms with Gasteiger partial charge in [-0.15, -0.1) is 11.8 Å². The van der Waals surface area contributed by atoms with Gasteiger partial charge in [0.15, 0.2) is 0 Å². The molecule has 1 atom stereocenters. The molecule has 1 aromatic heterocycles. The molecule has 0 saturated carbocycles. The normalized spacial score (nSPS) is 20.7. The summed E-state index contributed by atoms with van der Waals surface area (Å²) in [5.41, 5.74) is 0. The third-order valence-corrected chi connectivity index (χ3v) is 3.65. The lowest BCUT2D eigenvalue weighted by atomic mass is 10.4. The number of thioether (sulfide) groups is 1.